The maximum Gasteiger partial charge on any atom is 0.166 e. The highest BCUT2D eigenvalue weighted by Crippen LogP contribution is 2.30. The standard InChI is InChI=1S/C13H20BrFN2/c1-12(2,3)8-13(4,5)17-11-10(15)6-9(14)7-16-11/h6-7H,8H2,1-5H3,(H,16,17). The molecule has 0 atom stereocenters. The minimum Gasteiger partial charge on any atom is -0.363 e. The Labute approximate surface area is 111 Å². The number of anilines is 1. The third kappa shape index (κ3) is 5.02. The molecule has 0 saturated carbocycles. The molecule has 1 aromatic rings. The molecule has 0 amide bonds. The molecule has 2 nitrogen and oxygen atoms in total. The molecule has 4 heteroatoms. The monoisotopic (exact) mass is 302 g/mol. The van der Waals surface area contributed by atoms with Crippen molar-refractivity contribution in [3.63, 3.8) is 0 Å². The molecule has 1 heterocycles. The summed E-state index contributed by atoms with van der Waals surface area (Å²) in [6.45, 7) is 10.6. The molecule has 0 aliphatic rings. The molecule has 0 radical (unpaired) electrons. The lowest BCUT2D eigenvalue weighted by Crippen LogP contribution is -2.36. The summed E-state index contributed by atoms with van der Waals surface area (Å²) in [4.78, 5) is 4.06. The topological polar surface area (TPSA) is 24.9 Å². The van der Waals surface area contributed by atoms with Gasteiger partial charge in [0.05, 0.1) is 0 Å². The summed E-state index contributed by atoms with van der Waals surface area (Å²) < 4.78 is 14.3. The van der Waals surface area contributed by atoms with E-state index in [4.69, 9.17) is 0 Å². The first kappa shape index (κ1) is 14.4. The van der Waals surface area contributed by atoms with Gasteiger partial charge in [-0.25, -0.2) is 9.37 Å². The van der Waals surface area contributed by atoms with E-state index in [1.54, 1.807) is 6.20 Å². The quantitative estimate of drug-likeness (QED) is 0.882. The lowest BCUT2D eigenvalue weighted by molar-refractivity contribution is 0.301. The van der Waals surface area contributed by atoms with Crippen LogP contribution in [0.3, 0.4) is 0 Å². The van der Waals surface area contributed by atoms with E-state index in [2.05, 4.69) is 60.8 Å². The van der Waals surface area contributed by atoms with Crippen molar-refractivity contribution in [2.75, 3.05) is 5.32 Å². The van der Waals surface area contributed by atoms with Crippen LogP contribution in [-0.2, 0) is 0 Å². The van der Waals surface area contributed by atoms with Gasteiger partial charge in [-0.05, 0) is 47.7 Å². The van der Waals surface area contributed by atoms with E-state index >= 15 is 0 Å². The van der Waals surface area contributed by atoms with Crippen LogP contribution >= 0.6 is 15.9 Å². The Balaban J connectivity index is 2.83. The van der Waals surface area contributed by atoms with Gasteiger partial charge in [0, 0.05) is 16.2 Å². The molecular formula is C13H20BrFN2. The third-order valence-electron chi connectivity index (χ3n) is 2.24. The second-order valence-corrected chi connectivity index (χ2v) is 7.15. The number of hydrogen-bond acceptors (Lipinski definition) is 2. The van der Waals surface area contributed by atoms with Crippen molar-refractivity contribution in [3.8, 4) is 0 Å². The van der Waals surface area contributed by atoms with Gasteiger partial charge in [0.25, 0.3) is 0 Å². The number of pyridine rings is 1. The van der Waals surface area contributed by atoms with Gasteiger partial charge in [0.1, 0.15) is 0 Å². The maximum atomic E-state index is 13.7. The van der Waals surface area contributed by atoms with E-state index in [0.29, 0.717) is 10.3 Å². The van der Waals surface area contributed by atoms with Gasteiger partial charge in [-0.15, -0.1) is 0 Å². The van der Waals surface area contributed by atoms with Crippen LogP contribution in [0.1, 0.15) is 41.0 Å². The van der Waals surface area contributed by atoms with Crippen LogP contribution in [0.2, 0.25) is 0 Å². The van der Waals surface area contributed by atoms with Gasteiger partial charge < -0.3 is 5.32 Å². The highest BCUT2D eigenvalue weighted by molar-refractivity contribution is 9.10. The largest absolute Gasteiger partial charge is 0.363 e. The summed E-state index contributed by atoms with van der Waals surface area (Å²) in [7, 11) is 0. The lowest BCUT2D eigenvalue weighted by atomic mass is 9.82. The molecule has 0 bridgehead atoms. The van der Waals surface area contributed by atoms with Gasteiger partial charge in [0.15, 0.2) is 11.6 Å². The van der Waals surface area contributed by atoms with Crippen LogP contribution in [-0.4, -0.2) is 10.5 Å². The zero-order valence-corrected chi connectivity index (χ0v) is 12.7. The van der Waals surface area contributed by atoms with Crippen LogP contribution in [0, 0.1) is 11.2 Å². The van der Waals surface area contributed by atoms with Crippen molar-refractivity contribution in [2.45, 2.75) is 46.6 Å². The van der Waals surface area contributed by atoms with E-state index in [-0.39, 0.29) is 16.8 Å². The lowest BCUT2D eigenvalue weighted by Gasteiger charge is -2.33. The number of nitrogens with one attached hydrogen (secondary N) is 1. The average Bonchev–Trinajstić information content (AvgIpc) is 2.05. The van der Waals surface area contributed by atoms with E-state index < -0.39 is 0 Å². The van der Waals surface area contributed by atoms with Crippen molar-refractivity contribution >= 4 is 21.7 Å². The molecule has 0 aliphatic carbocycles. The summed E-state index contributed by atoms with van der Waals surface area (Å²) in [5.74, 6) is -0.0243. The van der Waals surface area contributed by atoms with E-state index in [1.165, 1.54) is 6.07 Å². The van der Waals surface area contributed by atoms with Crippen LogP contribution in [0.4, 0.5) is 10.2 Å². The van der Waals surface area contributed by atoms with Crippen molar-refractivity contribution < 1.29 is 4.39 Å². The Morgan fingerprint density at radius 1 is 1.29 bits per heavy atom. The smallest absolute Gasteiger partial charge is 0.166 e. The first-order chi connectivity index (χ1) is 7.59. The predicted octanol–water partition coefficient (Wildman–Crippen LogP) is 4.61. The summed E-state index contributed by atoms with van der Waals surface area (Å²) >= 11 is 3.19. The average molecular weight is 303 g/mol. The van der Waals surface area contributed by atoms with Crippen LogP contribution in [0.25, 0.3) is 0 Å². The fourth-order valence-corrected chi connectivity index (χ4v) is 2.50. The molecule has 1 aromatic heterocycles. The van der Waals surface area contributed by atoms with Gasteiger partial charge in [-0.1, -0.05) is 20.8 Å². The second-order valence-electron chi connectivity index (χ2n) is 6.23. The van der Waals surface area contributed by atoms with Gasteiger partial charge in [-0.2, -0.15) is 0 Å². The summed E-state index contributed by atoms with van der Waals surface area (Å²) in [6.07, 6.45) is 2.52. The van der Waals surface area contributed by atoms with Crippen LogP contribution < -0.4 is 5.32 Å². The SMILES string of the molecule is CC(C)(C)CC(C)(C)Nc1ncc(Br)cc1F. The first-order valence-corrected chi connectivity index (χ1v) is 6.48. The molecule has 17 heavy (non-hydrogen) atoms. The minimum absolute atomic E-state index is 0.183. The fourth-order valence-electron chi connectivity index (χ4n) is 2.20. The minimum atomic E-state index is -0.332. The van der Waals surface area contributed by atoms with Gasteiger partial charge in [0.2, 0.25) is 0 Å². The Bertz CT molecular complexity index is 397. The van der Waals surface area contributed by atoms with Crippen molar-refractivity contribution in [1.82, 2.24) is 4.98 Å². The number of halogens is 2. The fraction of sp³-hybridized carbons (Fsp3) is 0.615. The summed E-state index contributed by atoms with van der Waals surface area (Å²) in [5, 5.41) is 3.16. The highest BCUT2D eigenvalue weighted by atomic mass is 79.9. The molecule has 96 valence electrons. The van der Waals surface area contributed by atoms with E-state index in [0.717, 1.165) is 6.42 Å². The molecule has 1 rings (SSSR count). The molecule has 0 saturated heterocycles. The molecule has 0 aromatic carbocycles. The third-order valence-corrected chi connectivity index (χ3v) is 2.67. The molecular weight excluding hydrogens is 283 g/mol. The number of aromatic nitrogens is 1. The van der Waals surface area contributed by atoms with Crippen molar-refractivity contribution in [3.05, 3.63) is 22.6 Å². The Morgan fingerprint density at radius 3 is 2.35 bits per heavy atom. The van der Waals surface area contributed by atoms with Crippen LogP contribution in [0.5, 0.6) is 0 Å². The Hall–Kier alpha value is -0.640. The molecule has 0 unspecified atom stereocenters. The second kappa shape index (κ2) is 4.92. The van der Waals surface area contributed by atoms with Gasteiger partial charge in [-0.3, -0.25) is 0 Å². The molecule has 1 N–H and O–H groups in total. The number of rotatable bonds is 3. The maximum absolute atomic E-state index is 13.7. The Morgan fingerprint density at radius 2 is 1.88 bits per heavy atom. The van der Waals surface area contributed by atoms with E-state index in [9.17, 15) is 4.39 Å². The zero-order chi connectivity index (χ0) is 13.3. The van der Waals surface area contributed by atoms with Crippen molar-refractivity contribution in [2.24, 2.45) is 5.41 Å². The number of hydrogen-bond donors (Lipinski definition) is 1. The Kier molecular flexibility index (Phi) is 4.18. The van der Waals surface area contributed by atoms with Gasteiger partial charge >= 0.3 is 0 Å². The molecule has 0 spiro atoms. The molecule has 0 aliphatic heterocycles. The number of nitrogens with zero attached hydrogens (tertiary/aromatic N) is 1. The summed E-state index contributed by atoms with van der Waals surface area (Å²) in [6, 6.07) is 1.42. The predicted molar refractivity (Wildman–Crippen MR) is 73.7 cm³/mol. The first-order valence-electron chi connectivity index (χ1n) is 5.68. The van der Waals surface area contributed by atoms with Crippen molar-refractivity contribution in [1.29, 1.82) is 0 Å². The van der Waals surface area contributed by atoms with E-state index in [1.807, 2.05) is 0 Å². The normalized spacial score (nSPS) is 12.6. The molecule has 0 fully saturated rings. The zero-order valence-electron chi connectivity index (χ0n) is 11.1. The van der Waals surface area contributed by atoms with Crippen LogP contribution in [0.15, 0.2) is 16.7 Å². The highest BCUT2D eigenvalue weighted by Gasteiger charge is 2.26. The summed E-state index contributed by atoms with van der Waals surface area (Å²) in [5.41, 5.74) is -0.0116.